The number of benzene rings is 1. The standard InChI is InChI=1S/C31H30N6O2S/c1-18(38)29-8-9-30(40-29)23-6-5-21(32)14-27-24(23)15-28(34-27)31-25-13-19(4-7-26(25)35-36-31)20-12-22(17-33-16-20)39-11-10-37(2)3/h4-9,12-13,15-17,34H,10-11,14,32H2,1-3H3,(H,35,36). The molecule has 0 saturated heterocycles. The van der Waals surface area contributed by atoms with Gasteiger partial charge in [-0.1, -0.05) is 12.1 Å². The van der Waals surface area contributed by atoms with Crippen LogP contribution in [0.25, 0.3) is 39.0 Å². The number of aromatic nitrogens is 4. The number of allylic oxidation sites excluding steroid dienone is 3. The number of carbonyl (C=O) groups is 1. The number of likely N-dealkylation sites (N-methyl/N-ethyl adjacent to an activating group) is 1. The van der Waals surface area contributed by atoms with Crippen molar-refractivity contribution in [3.05, 3.63) is 93.7 Å². The molecule has 4 aromatic heterocycles. The second-order valence-corrected chi connectivity index (χ2v) is 11.3. The van der Waals surface area contributed by atoms with E-state index in [-0.39, 0.29) is 5.78 Å². The number of Topliss-reactive ketones (excluding diaryl/α,β-unsaturated/α-hetero) is 1. The van der Waals surface area contributed by atoms with Crippen molar-refractivity contribution in [2.75, 3.05) is 27.2 Å². The van der Waals surface area contributed by atoms with Gasteiger partial charge in [-0.05, 0) is 69.1 Å². The topological polar surface area (TPSA) is 113 Å². The van der Waals surface area contributed by atoms with Gasteiger partial charge >= 0.3 is 0 Å². The minimum absolute atomic E-state index is 0.0650. The van der Waals surface area contributed by atoms with E-state index in [1.54, 1.807) is 13.1 Å². The SMILES string of the molecule is CC(=O)c1ccc(C2=CC=C(N)Cc3[nH]c(-c4n[nH]c5ccc(-c6cncc(OCCN(C)C)c6)cc45)cc32)s1. The number of hydrogen-bond acceptors (Lipinski definition) is 7. The van der Waals surface area contributed by atoms with Crippen LogP contribution in [0.4, 0.5) is 0 Å². The molecule has 0 amide bonds. The quantitative estimate of drug-likeness (QED) is 0.215. The number of carbonyl (C=O) groups excluding carboxylic acids is 1. The molecule has 0 radical (unpaired) electrons. The van der Waals surface area contributed by atoms with Crippen LogP contribution >= 0.6 is 11.3 Å². The fourth-order valence-corrected chi connectivity index (χ4v) is 5.78. The number of nitrogens with zero attached hydrogens (tertiary/aromatic N) is 3. The number of H-pyrrole nitrogens is 2. The maximum absolute atomic E-state index is 11.9. The smallest absolute Gasteiger partial charge is 0.169 e. The maximum atomic E-state index is 11.9. The highest BCUT2D eigenvalue weighted by atomic mass is 32.1. The molecule has 0 bridgehead atoms. The lowest BCUT2D eigenvalue weighted by Gasteiger charge is -2.11. The molecular weight excluding hydrogens is 520 g/mol. The zero-order valence-electron chi connectivity index (χ0n) is 22.6. The van der Waals surface area contributed by atoms with E-state index in [0.717, 1.165) is 78.0 Å². The molecule has 6 rings (SSSR count). The molecule has 4 heterocycles. The van der Waals surface area contributed by atoms with Crippen LogP contribution in [0.15, 0.2) is 72.7 Å². The van der Waals surface area contributed by atoms with Crippen molar-refractivity contribution in [3.8, 4) is 28.3 Å². The van der Waals surface area contributed by atoms with Gasteiger partial charge in [0.05, 0.1) is 22.3 Å². The van der Waals surface area contributed by atoms with Crippen molar-refractivity contribution in [2.24, 2.45) is 5.73 Å². The molecule has 40 heavy (non-hydrogen) atoms. The summed E-state index contributed by atoms with van der Waals surface area (Å²) in [6.45, 7) is 3.02. The van der Waals surface area contributed by atoms with Gasteiger partial charge in [0.25, 0.3) is 0 Å². The van der Waals surface area contributed by atoms with Gasteiger partial charge in [0.2, 0.25) is 0 Å². The van der Waals surface area contributed by atoms with Crippen LogP contribution in [0.2, 0.25) is 0 Å². The minimum Gasteiger partial charge on any atom is -0.491 e. The summed E-state index contributed by atoms with van der Waals surface area (Å²) in [7, 11) is 4.04. The average Bonchev–Trinajstić information content (AvgIpc) is 3.66. The Kier molecular flexibility index (Phi) is 6.83. The van der Waals surface area contributed by atoms with Gasteiger partial charge in [-0.2, -0.15) is 5.10 Å². The highest BCUT2D eigenvalue weighted by molar-refractivity contribution is 7.15. The van der Waals surface area contributed by atoms with Gasteiger partial charge in [-0.25, -0.2) is 0 Å². The molecule has 1 aliphatic rings. The number of aromatic amines is 2. The lowest BCUT2D eigenvalue weighted by atomic mass is 10.0. The summed E-state index contributed by atoms with van der Waals surface area (Å²) in [4.78, 5) is 23.8. The Morgan fingerprint density at radius 2 is 1.98 bits per heavy atom. The van der Waals surface area contributed by atoms with Crippen molar-refractivity contribution in [1.29, 1.82) is 0 Å². The molecule has 1 aliphatic carbocycles. The fourth-order valence-electron chi connectivity index (χ4n) is 4.84. The first-order chi connectivity index (χ1) is 19.4. The van der Waals surface area contributed by atoms with Gasteiger partial charge in [-0.15, -0.1) is 11.3 Å². The number of nitrogens with one attached hydrogen (secondary N) is 2. The van der Waals surface area contributed by atoms with Gasteiger partial charge in [-0.3, -0.25) is 14.9 Å². The molecule has 0 unspecified atom stereocenters. The lowest BCUT2D eigenvalue weighted by Crippen LogP contribution is -2.19. The summed E-state index contributed by atoms with van der Waals surface area (Å²) in [5.74, 6) is 0.807. The van der Waals surface area contributed by atoms with E-state index >= 15 is 0 Å². The van der Waals surface area contributed by atoms with Gasteiger partial charge < -0.3 is 20.4 Å². The molecule has 202 valence electrons. The Morgan fingerprint density at radius 1 is 1.10 bits per heavy atom. The first-order valence-electron chi connectivity index (χ1n) is 13.1. The van der Waals surface area contributed by atoms with Crippen LogP contribution in [-0.4, -0.2) is 58.1 Å². The van der Waals surface area contributed by atoms with Crippen LogP contribution in [0, 0.1) is 0 Å². The molecule has 5 aromatic rings. The summed E-state index contributed by atoms with van der Waals surface area (Å²) in [5, 5.41) is 8.85. The number of hydrogen-bond donors (Lipinski definition) is 3. The Balaban J connectivity index is 1.36. The normalized spacial score (nSPS) is 13.2. The predicted molar refractivity (Wildman–Crippen MR) is 161 cm³/mol. The van der Waals surface area contributed by atoms with Gasteiger partial charge in [0, 0.05) is 57.5 Å². The summed E-state index contributed by atoms with van der Waals surface area (Å²) in [5.41, 5.74) is 14.9. The number of thiophene rings is 1. The van der Waals surface area contributed by atoms with E-state index < -0.39 is 0 Å². The fraction of sp³-hybridized carbons (Fsp3) is 0.194. The third kappa shape index (κ3) is 5.09. The molecule has 4 N–H and O–H groups in total. The number of ether oxygens (including phenoxy) is 1. The van der Waals surface area contributed by atoms with E-state index in [1.165, 1.54) is 11.3 Å². The second-order valence-electron chi connectivity index (χ2n) is 10.2. The summed E-state index contributed by atoms with van der Waals surface area (Å²) in [6.07, 6.45) is 8.17. The van der Waals surface area contributed by atoms with E-state index in [2.05, 4.69) is 43.3 Å². The average molecular weight is 551 g/mol. The molecule has 9 heteroatoms. The Labute approximate surface area is 236 Å². The van der Waals surface area contributed by atoms with E-state index in [4.69, 9.17) is 10.5 Å². The number of rotatable bonds is 8. The zero-order chi connectivity index (χ0) is 27.8. The Morgan fingerprint density at radius 3 is 2.77 bits per heavy atom. The van der Waals surface area contributed by atoms with Crippen molar-refractivity contribution in [3.63, 3.8) is 0 Å². The number of nitrogens with two attached hydrogens (primary N) is 1. The maximum Gasteiger partial charge on any atom is 0.169 e. The number of ketones is 1. The van der Waals surface area contributed by atoms with Crippen LogP contribution in [0.3, 0.4) is 0 Å². The number of pyridine rings is 1. The first kappa shape index (κ1) is 25.8. The second kappa shape index (κ2) is 10.6. The van der Waals surface area contributed by atoms with Crippen LogP contribution < -0.4 is 10.5 Å². The lowest BCUT2D eigenvalue weighted by molar-refractivity contribution is 0.102. The molecule has 0 saturated carbocycles. The van der Waals surface area contributed by atoms with Crippen LogP contribution in [0.5, 0.6) is 5.75 Å². The third-order valence-corrected chi connectivity index (χ3v) is 8.14. The van der Waals surface area contributed by atoms with Crippen molar-refractivity contribution >= 4 is 33.6 Å². The summed E-state index contributed by atoms with van der Waals surface area (Å²) in [6, 6.07) is 14.3. The van der Waals surface area contributed by atoms with Gasteiger partial charge in [0.1, 0.15) is 18.1 Å². The molecule has 0 aliphatic heterocycles. The molecule has 1 aromatic carbocycles. The highest BCUT2D eigenvalue weighted by Gasteiger charge is 2.21. The molecule has 0 fully saturated rings. The van der Waals surface area contributed by atoms with Gasteiger partial charge in [0.15, 0.2) is 5.78 Å². The van der Waals surface area contributed by atoms with E-state index in [9.17, 15) is 4.79 Å². The minimum atomic E-state index is 0.0650. The predicted octanol–water partition coefficient (Wildman–Crippen LogP) is 5.65. The molecule has 0 atom stereocenters. The zero-order valence-corrected chi connectivity index (χ0v) is 23.4. The monoisotopic (exact) mass is 550 g/mol. The summed E-state index contributed by atoms with van der Waals surface area (Å²) >= 11 is 1.50. The van der Waals surface area contributed by atoms with Crippen molar-refractivity contribution in [1.82, 2.24) is 25.1 Å². The van der Waals surface area contributed by atoms with Crippen LogP contribution in [-0.2, 0) is 6.42 Å². The van der Waals surface area contributed by atoms with E-state index in [0.29, 0.717) is 13.0 Å². The highest BCUT2D eigenvalue weighted by Crippen LogP contribution is 2.38. The third-order valence-electron chi connectivity index (χ3n) is 6.92. The number of fused-ring (bicyclic) bond motifs is 2. The molecule has 8 nitrogen and oxygen atoms in total. The largest absolute Gasteiger partial charge is 0.491 e. The first-order valence-corrected chi connectivity index (χ1v) is 13.9. The Bertz CT molecular complexity index is 1790. The Hall–Kier alpha value is -4.47. The molecular formula is C31H30N6O2S. The van der Waals surface area contributed by atoms with Crippen LogP contribution in [0.1, 0.15) is 32.7 Å². The molecule has 0 spiro atoms. The van der Waals surface area contributed by atoms with Crippen molar-refractivity contribution < 1.29 is 9.53 Å². The van der Waals surface area contributed by atoms with Crippen molar-refractivity contribution in [2.45, 2.75) is 13.3 Å². The summed E-state index contributed by atoms with van der Waals surface area (Å²) < 4.78 is 5.91. The van der Waals surface area contributed by atoms with E-state index in [1.807, 2.05) is 56.7 Å².